The van der Waals surface area contributed by atoms with Gasteiger partial charge in [0.2, 0.25) is 0 Å². The van der Waals surface area contributed by atoms with Crippen molar-refractivity contribution in [3.63, 3.8) is 0 Å². The molecule has 2 heterocycles. The summed E-state index contributed by atoms with van der Waals surface area (Å²) in [7, 11) is 0. The predicted octanol–water partition coefficient (Wildman–Crippen LogP) is 4.19. The highest BCUT2D eigenvalue weighted by Crippen LogP contribution is 2.32. The summed E-state index contributed by atoms with van der Waals surface area (Å²) in [5.74, 6) is 1.07. The lowest BCUT2D eigenvalue weighted by molar-refractivity contribution is 0.573. The Hall–Kier alpha value is -1.28. The predicted molar refractivity (Wildman–Crippen MR) is 77.6 cm³/mol. The van der Waals surface area contributed by atoms with Crippen LogP contribution in [0.3, 0.4) is 0 Å². The molecule has 1 aromatic heterocycles. The van der Waals surface area contributed by atoms with E-state index in [2.05, 4.69) is 11.8 Å². The van der Waals surface area contributed by atoms with E-state index >= 15 is 0 Å². The van der Waals surface area contributed by atoms with Gasteiger partial charge in [0.05, 0.1) is 10.5 Å². The zero-order valence-electron chi connectivity index (χ0n) is 10.6. The van der Waals surface area contributed by atoms with Gasteiger partial charge < -0.3 is 4.90 Å². The summed E-state index contributed by atoms with van der Waals surface area (Å²) < 4.78 is 0. The first-order valence-corrected chi connectivity index (χ1v) is 6.95. The van der Waals surface area contributed by atoms with Crippen LogP contribution in [0.25, 0.3) is 10.9 Å². The van der Waals surface area contributed by atoms with Gasteiger partial charge in [-0.1, -0.05) is 29.8 Å². The van der Waals surface area contributed by atoms with Crippen LogP contribution in [-0.2, 0) is 0 Å². The summed E-state index contributed by atoms with van der Waals surface area (Å²) >= 11 is 6.48. The number of para-hydroxylation sites is 1. The van der Waals surface area contributed by atoms with Crippen molar-refractivity contribution in [2.75, 3.05) is 18.0 Å². The highest BCUT2D eigenvalue weighted by atomic mass is 35.5. The van der Waals surface area contributed by atoms with Crippen molar-refractivity contribution < 1.29 is 0 Å². The van der Waals surface area contributed by atoms with Gasteiger partial charge in [0.25, 0.3) is 0 Å². The number of rotatable bonds is 1. The molecule has 1 aromatic carbocycles. The molecule has 0 saturated carbocycles. The maximum absolute atomic E-state index is 6.48. The van der Waals surface area contributed by atoms with E-state index in [-0.39, 0.29) is 0 Å². The molecule has 0 atom stereocenters. The fourth-order valence-electron chi connectivity index (χ4n) is 2.67. The summed E-state index contributed by atoms with van der Waals surface area (Å²) in [4.78, 5) is 7.17. The van der Waals surface area contributed by atoms with E-state index in [1.54, 1.807) is 0 Å². The Bertz CT molecular complexity index is 574. The first kappa shape index (κ1) is 11.8. The van der Waals surface area contributed by atoms with Gasteiger partial charge >= 0.3 is 0 Å². The number of halogens is 1. The lowest BCUT2D eigenvalue weighted by Gasteiger charge is -2.29. The average molecular weight is 261 g/mol. The highest BCUT2D eigenvalue weighted by Gasteiger charge is 2.17. The van der Waals surface area contributed by atoms with E-state index in [0.717, 1.165) is 40.4 Å². The normalized spacial score (nSPS) is 16.2. The second-order valence-corrected chi connectivity index (χ2v) is 5.32. The molecule has 1 aliphatic rings. The number of aromatic nitrogens is 1. The number of anilines is 1. The molecule has 1 saturated heterocycles. The van der Waals surface area contributed by atoms with E-state index in [4.69, 9.17) is 16.6 Å². The Labute approximate surface area is 113 Å². The van der Waals surface area contributed by atoms with Crippen molar-refractivity contribution in [3.8, 4) is 0 Å². The van der Waals surface area contributed by atoms with Crippen molar-refractivity contribution in [2.45, 2.75) is 26.2 Å². The summed E-state index contributed by atoms with van der Waals surface area (Å²) in [5, 5.41) is 1.90. The molecule has 0 bridgehead atoms. The van der Waals surface area contributed by atoms with Crippen LogP contribution in [0.4, 0.5) is 5.82 Å². The lowest BCUT2D eigenvalue weighted by atomic mass is 10.1. The van der Waals surface area contributed by atoms with Crippen molar-refractivity contribution >= 4 is 28.3 Å². The van der Waals surface area contributed by atoms with E-state index in [1.807, 2.05) is 24.3 Å². The van der Waals surface area contributed by atoms with Crippen LogP contribution in [0.5, 0.6) is 0 Å². The molecule has 1 fully saturated rings. The minimum atomic E-state index is 0.848. The molecule has 3 rings (SSSR count). The SMILES string of the molecule is Cc1c(N2CCCCC2)nc2ccccc2c1Cl. The first-order valence-electron chi connectivity index (χ1n) is 6.57. The van der Waals surface area contributed by atoms with E-state index < -0.39 is 0 Å². The smallest absolute Gasteiger partial charge is 0.133 e. The van der Waals surface area contributed by atoms with Crippen LogP contribution < -0.4 is 4.90 Å². The van der Waals surface area contributed by atoms with Crippen molar-refractivity contribution in [1.82, 2.24) is 4.98 Å². The standard InChI is InChI=1S/C15H17ClN2/c1-11-14(16)12-7-3-4-8-13(12)17-15(11)18-9-5-2-6-10-18/h3-4,7-8H,2,5-6,9-10H2,1H3. The average Bonchev–Trinajstić information content (AvgIpc) is 2.44. The largest absolute Gasteiger partial charge is 0.356 e. The van der Waals surface area contributed by atoms with Crippen LogP contribution in [0.2, 0.25) is 5.02 Å². The molecule has 94 valence electrons. The Kier molecular flexibility index (Phi) is 3.13. The molecule has 1 aliphatic heterocycles. The number of hydrogen-bond donors (Lipinski definition) is 0. The third kappa shape index (κ3) is 1.95. The van der Waals surface area contributed by atoms with E-state index in [1.165, 1.54) is 19.3 Å². The second-order valence-electron chi connectivity index (χ2n) is 4.94. The molecule has 18 heavy (non-hydrogen) atoms. The van der Waals surface area contributed by atoms with Crippen LogP contribution in [-0.4, -0.2) is 18.1 Å². The fraction of sp³-hybridized carbons (Fsp3) is 0.400. The van der Waals surface area contributed by atoms with Gasteiger partial charge in [0, 0.05) is 24.0 Å². The molecular formula is C15H17ClN2. The van der Waals surface area contributed by atoms with Gasteiger partial charge in [-0.2, -0.15) is 0 Å². The Morgan fingerprint density at radius 2 is 1.83 bits per heavy atom. The second kappa shape index (κ2) is 4.77. The molecule has 0 aliphatic carbocycles. The molecule has 0 unspecified atom stereocenters. The Balaban J connectivity index is 2.14. The van der Waals surface area contributed by atoms with Gasteiger partial charge in [-0.25, -0.2) is 4.98 Å². The third-order valence-corrected chi connectivity index (χ3v) is 4.17. The van der Waals surface area contributed by atoms with Gasteiger partial charge in [0.15, 0.2) is 0 Å². The third-order valence-electron chi connectivity index (χ3n) is 3.69. The van der Waals surface area contributed by atoms with E-state index in [0.29, 0.717) is 0 Å². The summed E-state index contributed by atoms with van der Waals surface area (Å²) in [6.07, 6.45) is 3.84. The molecule has 0 amide bonds. The zero-order valence-corrected chi connectivity index (χ0v) is 11.4. The van der Waals surface area contributed by atoms with Crippen molar-refractivity contribution in [1.29, 1.82) is 0 Å². The first-order chi connectivity index (χ1) is 8.77. The molecule has 3 heteroatoms. The van der Waals surface area contributed by atoms with Crippen LogP contribution in [0.15, 0.2) is 24.3 Å². The number of pyridine rings is 1. The van der Waals surface area contributed by atoms with E-state index in [9.17, 15) is 0 Å². The quantitative estimate of drug-likeness (QED) is 0.764. The Morgan fingerprint density at radius 1 is 1.11 bits per heavy atom. The molecule has 0 radical (unpaired) electrons. The van der Waals surface area contributed by atoms with Crippen LogP contribution in [0, 0.1) is 6.92 Å². The number of fused-ring (bicyclic) bond motifs is 1. The summed E-state index contributed by atoms with van der Waals surface area (Å²) in [5.41, 5.74) is 2.10. The molecule has 0 N–H and O–H groups in total. The number of hydrogen-bond acceptors (Lipinski definition) is 2. The number of piperidine rings is 1. The topological polar surface area (TPSA) is 16.1 Å². The maximum atomic E-state index is 6.48. The minimum absolute atomic E-state index is 0.848. The Morgan fingerprint density at radius 3 is 2.61 bits per heavy atom. The van der Waals surface area contributed by atoms with Crippen molar-refractivity contribution in [2.24, 2.45) is 0 Å². The van der Waals surface area contributed by atoms with Gasteiger partial charge in [0.1, 0.15) is 5.82 Å². The molecule has 0 spiro atoms. The zero-order chi connectivity index (χ0) is 12.5. The molecule has 2 nitrogen and oxygen atoms in total. The van der Waals surface area contributed by atoms with Crippen molar-refractivity contribution in [3.05, 3.63) is 34.9 Å². The summed E-state index contributed by atoms with van der Waals surface area (Å²) in [6.45, 7) is 4.27. The lowest BCUT2D eigenvalue weighted by Crippen LogP contribution is -2.30. The summed E-state index contributed by atoms with van der Waals surface area (Å²) in [6, 6.07) is 8.10. The maximum Gasteiger partial charge on any atom is 0.133 e. The molecule has 2 aromatic rings. The monoisotopic (exact) mass is 260 g/mol. The molecular weight excluding hydrogens is 244 g/mol. The van der Waals surface area contributed by atoms with Gasteiger partial charge in [-0.05, 0) is 32.3 Å². The number of nitrogens with zero attached hydrogens (tertiary/aromatic N) is 2. The van der Waals surface area contributed by atoms with Crippen LogP contribution >= 0.6 is 11.6 Å². The van der Waals surface area contributed by atoms with Gasteiger partial charge in [-0.3, -0.25) is 0 Å². The van der Waals surface area contributed by atoms with Gasteiger partial charge in [-0.15, -0.1) is 0 Å². The highest BCUT2D eigenvalue weighted by molar-refractivity contribution is 6.36. The fourth-order valence-corrected chi connectivity index (χ4v) is 2.91. The number of benzene rings is 1. The van der Waals surface area contributed by atoms with Crippen LogP contribution in [0.1, 0.15) is 24.8 Å². The minimum Gasteiger partial charge on any atom is -0.356 e.